The molecule has 0 bridgehead atoms. The Labute approximate surface area is 143 Å². The zero-order valence-corrected chi connectivity index (χ0v) is 14.2. The van der Waals surface area contributed by atoms with E-state index in [0.717, 1.165) is 29.7 Å². The van der Waals surface area contributed by atoms with Crippen LogP contribution >= 0.6 is 0 Å². The van der Waals surface area contributed by atoms with Crippen molar-refractivity contribution in [1.29, 1.82) is 0 Å². The van der Waals surface area contributed by atoms with Crippen LogP contribution in [0.15, 0.2) is 46.9 Å². The molecule has 120 valence electrons. The predicted molar refractivity (Wildman–Crippen MR) is 100 cm³/mol. The summed E-state index contributed by atoms with van der Waals surface area (Å²) in [5.74, 6) is 7.63. The van der Waals surface area contributed by atoms with Crippen LogP contribution < -0.4 is 0 Å². The van der Waals surface area contributed by atoms with Crippen LogP contribution in [0, 0.1) is 11.8 Å². The van der Waals surface area contributed by atoms with Gasteiger partial charge in [0.25, 0.3) is 0 Å². The molecule has 1 aliphatic rings. The second-order valence-corrected chi connectivity index (χ2v) is 6.57. The van der Waals surface area contributed by atoms with E-state index in [1.807, 2.05) is 0 Å². The van der Waals surface area contributed by atoms with Crippen molar-refractivity contribution < 1.29 is 4.42 Å². The molecule has 4 rings (SSSR count). The smallest absolute Gasteiger partial charge is 0.139 e. The minimum atomic E-state index is 0.965. The minimum Gasteiger partial charge on any atom is -0.456 e. The van der Waals surface area contributed by atoms with Gasteiger partial charge in [0.1, 0.15) is 11.3 Å². The lowest BCUT2D eigenvalue weighted by Gasteiger charge is -1.98. The number of rotatable bonds is 4. The molecule has 1 aliphatic carbocycles. The van der Waals surface area contributed by atoms with Crippen LogP contribution in [0.4, 0.5) is 0 Å². The first-order valence-electron chi connectivity index (χ1n) is 8.99. The molecule has 0 amide bonds. The van der Waals surface area contributed by atoms with Crippen LogP contribution in [0.1, 0.15) is 55.7 Å². The highest BCUT2D eigenvalue weighted by molar-refractivity contribution is 5.92. The molecular weight excluding hydrogens is 292 g/mol. The summed E-state index contributed by atoms with van der Waals surface area (Å²) in [6.07, 6.45) is 7.04. The second-order valence-electron chi connectivity index (χ2n) is 6.57. The van der Waals surface area contributed by atoms with Crippen LogP contribution in [-0.2, 0) is 6.42 Å². The Morgan fingerprint density at radius 1 is 1.04 bits per heavy atom. The van der Waals surface area contributed by atoms with Crippen molar-refractivity contribution in [3.63, 3.8) is 0 Å². The van der Waals surface area contributed by atoms with Crippen LogP contribution in [0.5, 0.6) is 0 Å². The van der Waals surface area contributed by atoms with E-state index in [2.05, 4.69) is 61.2 Å². The van der Waals surface area contributed by atoms with Gasteiger partial charge in [-0.15, -0.1) is 0 Å². The second kappa shape index (κ2) is 6.57. The van der Waals surface area contributed by atoms with Gasteiger partial charge in [0.2, 0.25) is 0 Å². The van der Waals surface area contributed by atoms with E-state index in [4.69, 9.17) is 4.42 Å². The summed E-state index contributed by atoms with van der Waals surface area (Å²) < 4.78 is 6.17. The molecule has 1 aromatic heterocycles. The number of benzene rings is 2. The molecule has 1 heterocycles. The standard InChI is InChI=1S/C23H22O/c1-2-3-4-5-6-7-10-17-13-14-20-21-16-18-11-8-9-12-19(18)23(21)24-22(20)15-17/h8-9,11-15H,2-6,16H2,1H3. The maximum absolute atomic E-state index is 6.17. The minimum absolute atomic E-state index is 0.965. The third kappa shape index (κ3) is 2.74. The average molecular weight is 314 g/mol. The van der Waals surface area contributed by atoms with Crippen molar-refractivity contribution in [3.8, 4) is 23.2 Å². The molecular formula is C23H22O. The normalized spacial score (nSPS) is 11.9. The predicted octanol–water partition coefficient (Wildman–Crippen LogP) is 6.33. The molecule has 0 aliphatic heterocycles. The Morgan fingerprint density at radius 3 is 2.88 bits per heavy atom. The van der Waals surface area contributed by atoms with Gasteiger partial charge in [-0.05, 0) is 30.2 Å². The highest BCUT2D eigenvalue weighted by atomic mass is 16.3. The highest BCUT2D eigenvalue weighted by Gasteiger charge is 2.24. The molecule has 1 heteroatoms. The molecule has 0 N–H and O–H groups in total. The Bertz CT molecular complexity index is 934. The molecule has 0 saturated carbocycles. The Hall–Kier alpha value is -2.46. The van der Waals surface area contributed by atoms with Crippen LogP contribution in [-0.4, -0.2) is 0 Å². The molecule has 0 atom stereocenters. The van der Waals surface area contributed by atoms with Crippen molar-refractivity contribution in [3.05, 3.63) is 59.2 Å². The van der Waals surface area contributed by atoms with E-state index >= 15 is 0 Å². The third-order valence-electron chi connectivity index (χ3n) is 4.81. The van der Waals surface area contributed by atoms with Gasteiger partial charge >= 0.3 is 0 Å². The van der Waals surface area contributed by atoms with E-state index < -0.39 is 0 Å². The van der Waals surface area contributed by atoms with Gasteiger partial charge in [0.15, 0.2) is 0 Å². The lowest BCUT2D eigenvalue weighted by molar-refractivity contribution is 0.631. The van der Waals surface area contributed by atoms with E-state index in [0.29, 0.717) is 0 Å². The lowest BCUT2D eigenvalue weighted by atomic mass is 10.1. The molecule has 3 aromatic rings. The highest BCUT2D eigenvalue weighted by Crippen LogP contribution is 2.42. The first kappa shape index (κ1) is 15.1. The molecule has 0 saturated heterocycles. The fraction of sp³-hybridized carbons (Fsp3) is 0.304. The van der Waals surface area contributed by atoms with E-state index in [1.54, 1.807) is 0 Å². The summed E-state index contributed by atoms with van der Waals surface area (Å²) in [7, 11) is 0. The SMILES string of the molecule is CCCCCCC#Cc1ccc2c3c(oc2c1)-c1ccccc1C3. The summed E-state index contributed by atoms with van der Waals surface area (Å²) in [6, 6.07) is 14.9. The number of hydrogen-bond donors (Lipinski definition) is 0. The molecule has 2 aromatic carbocycles. The largest absolute Gasteiger partial charge is 0.456 e. The Balaban J connectivity index is 1.57. The van der Waals surface area contributed by atoms with Gasteiger partial charge in [-0.3, -0.25) is 0 Å². The summed E-state index contributed by atoms with van der Waals surface area (Å²) in [4.78, 5) is 0. The van der Waals surface area contributed by atoms with E-state index in [1.165, 1.54) is 47.8 Å². The maximum atomic E-state index is 6.17. The molecule has 1 nitrogen and oxygen atoms in total. The lowest BCUT2D eigenvalue weighted by Crippen LogP contribution is -1.81. The zero-order valence-electron chi connectivity index (χ0n) is 14.2. The van der Waals surface area contributed by atoms with Crippen molar-refractivity contribution in [2.24, 2.45) is 0 Å². The van der Waals surface area contributed by atoms with Crippen LogP contribution in [0.25, 0.3) is 22.3 Å². The topological polar surface area (TPSA) is 13.1 Å². The average Bonchev–Trinajstić information content (AvgIpc) is 3.13. The number of hydrogen-bond acceptors (Lipinski definition) is 1. The summed E-state index contributed by atoms with van der Waals surface area (Å²) in [5.41, 5.74) is 5.95. The van der Waals surface area contributed by atoms with Gasteiger partial charge in [-0.2, -0.15) is 0 Å². The molecule has 24 heavy (non-hydrogen) atoms. The summed E-state index contributed by atoms with van der Waals surface area (Å²) >= 11 is 0. The van der Waals surface area contributed by atoms with Gasteiger partial charge < -0.3 is 4.42 Å². The van der Waals surface area contributed by atoms with Crippen molar-refractivity contribution in [1.82, 2.24) is 0 Å². The Kier molecular flexibility index (Phi) is 4.13. The number of fused-ring (bicyclic) bond motifs is 5. The third-order valence-corrected chi connectivity index (χ3v) is 4.81. The van der Waals surface area contributed by atoms with Gasteiger partial charge in [0, 0.05) is 34.9 Å². The molecule has 0 spiro atoms. The van der Waals surface area contributed by atoms with Crippen LogP contribution in [0.3, 0.4) is 0 Å². The number of unbranched alkanes of at least 4 members (excludes halogenated alkanes) is 4. The monoisotopic (exact) mass is 314 g/mol. The van der Waals surface area contributed by atoms with Gasteiger partial charge in [-0.1, -0.05) is 62.3 Å². The fourth-order valence-electron chi connectivity index (χ4n) is 3.51. The first-order chi connectivity index (χ1) is 11.9. The molecule has 0 fully saturated rings. The van der Waals surface area contributed by atoms with Crippen molar-refractivity contribution in [2.75, 3.05) is 0 Å². The molecule has 0 radical (unpaired) electrons. The van der Waals surface area contributed by atoms with Gasteiger partial charge in [0.05, 0.1) is 0 Å². The summed E-state index contributed by atoms with van der Waals surface area (Å²) in [6.45, 7) is 2.24. The van der Waals surface area contributed by atoms with Crippen molar-refractivity contribution >= 4 is 11.0 Å². The Morgan fingerprint density at radius 2 is 1.96 bits per heavy atom. The first-order valence-corrected chi connectivity index (χ1v) is 8.99. The fourth-order valence-corrected chi connectivity index (χ4v) is 3.51. The zero-order chi connectivity index (χ0) is 16.4. The van der Waals surface area contributed by atoms with Crippen molar-refractivity contribution in [2.45, 2.75) is 45.4 Å². The molecule has 0 unspecified atom stereocenters. The maximum Gasteiger partial charge on any atom is 0.139 e. The van der Waals surface area contributed by atoms with E-state index in [9.17, 15) is 0 Å². The summed E-state index contributed by atoms with van der Waals surface area (Å²) in [5, 5.41) is 1.23. The van der Waals surface area contributed by atoms with E-state index in [-0.39, 0.29) is 0 Å². The van der Waals surface area contributed by atoms with Crippen LogP contribution in [0.2, 0.25) is 0 Å². The number of furan rings is 1. The quantitative estimate of drug-likeness (QED) is 0.317. The van der Waals surface area contributed by atoms with Gasteiger partial charge in [-0.25, -0.2) is 0 Å².